The number of benzene rings is 2. The van der Waals surface area contributed by atoms with Gasteiger partial charge >= 0.3 is 0 Å². The summed E-state index contributed by atoms with van der Waals surface area (Å²) in [6.45, 7) is 4.30. The van der Waals surface area contributed by atoms with Crippen molar-refractivity contribution in [2.45, 2.75) is 36.2 Å². The van der Waals surface area contributed by atoms with E-state index in [1.807, 2.05) is 11.8 Å². The lowest BCUT2D eigenvalue weighted by Gasteiger charge is -2.39. The molecule has 5 rings (SSSR count). The molecule has 0 N–H and O–H groups in total. The second-order valence-electron chi connectivity index (χ2n) is 8.32. The van der Waals surface area contributed by atoms with Gasteiger partial charge in [-0.1, -0.05) is 12.1 Å². The van der Waals surface area contributed by atoms with Gasteiger partial charge in [0.15, 0.2) is 11.5 Å². The Bertz CT molecular complexity index is 910. The minimum absolute atomic E-state index is 0.592. The van der Waals surface area contributed by atoms with Crippen LogP contribution in [0.25, 0.3) is 0 Å². The molecule has 0 aromatic heterocycles. The third kappa shape index (κ3) is 3.30. The van der Waals surface area contributed by atoms with Crippen LogP contribution >= 0.6 is 11.8 Å². The first kappa shape index (κ1) is 19.9. The first-order valence-corrected chi connectivity index (χ1v) is 11.8. The van der Waals surface area contributed by atoms with Gasteiger partial charge in [-0.2, -0.15) is 0 Å². The summed E-state index contributed by atoms with van der Waals surface area (Å²) >= 11 is 2.03. The highest BCUT2D eigenvalue weighted by Crippen LogP contribution is 2.50. The van der Waals surface area contributed by atoms with Crippen molar-refractivity contribution in [3.63, 3.8) is 0 Å². The molecular weight excluding hydrogens is 396 g/mol. The minimum atomic E-state index is 0.592. The predicted octanol–water partition coefficient (Wildman–Crippen LogP) is 4.39. The van der Waals surface area contributed by atoms with Crippen molar-refractivity contribution < 1.29 is 14.2 Å². The molecule has 0 aliphatic carbocycles. The summed E-state index contributed by atoms with van der Waals surface area (Å²) in [6, 6.07) is 11.7. The Labute approximate surface area is 183 Å². The average molecular weight is 427 g/mol. The van der Waals surface area contributed by atoms with Gasteiger partial charge in [0, 0.05) is 43.0 Å². The number of hydrogen-bond donors (Lipinski definition) is 0. The van der Waals surface area contributed by atoms with Crippen molar-refractivity contribution in [2.75, 3.05) is 51.6 Å². The number of anilines is 1. The minimum Gasteiger partial charge on any atom is -0.493 e. The van der Waals surface area contributed by atoms with E-state index in [4.69, 9.17) is 14.2 Å². The fourth-order valence-electron chi connectivity index (χ4n) is 5.44. The quantitative estimate of drug-likeness (QED) is 0.706. The fourth-order valence-corrected chi connectivity index (χ4v) is 6.48. The zero-order chi connectivity index (χ0) is 20.7. The molecule has 0 amide bonds. The second-order valence-corrected chi connectivity index (χ2v) is 9.46. The Morgan fingerprint density at radius 1 is 1.03 bits per heavy atom. The van der Waals surface area contributed by atoms with Gasteiger partial charge in [-0.05, 0) is 47.9 Å². The van der Waals surface area contributed by atoms with Gasteiger partial charge < -0.3 is 19.1 Å². The maximum atomic E-state index is 5.55. The van der Waals surface area contributed by atoms with E-state index in [-0.39, 0.29) is 0 Å². The number of fused-ring (bicyclic) bond motifs is 3. The number of nitrogens with zero attached hydrogens (tertiary/aromatic N) is 2. The molecule has 0 unspecified atom stereocenters. The zero-order valence-electron chi connectivity index (χ0n) is 18.0. The highest BCUT2D eigenvalue weighted by atomic mass is 32.2. The van der Waals surface area contributed by atoms with Crippen LogP contribution in [0, 0.1) is 0 Å². The standard InChI is InChI=1S/C24H30N2O3S/c1-27-20-12-16(13-21(28-2)24(20)29-3)14-25-10-8-19-18(15-25)17-6-4-7-22-23(17)26(19)9-5-11-30-22/h4,6-7,12-13,18-19H,5,8-11,14-15H2,1-3H3/t18-,19-/m1/s1. The molecule has 5 nitrogen and oxygen atoms in total. The van der Waals surface area contributed by atoms with Gasteiger partial charge in [0.2, 0.25) is 5.75 Å². The zero-order valence-corrected chi connectivity index (χ0v) is 18.8. The lowest BCUT2D eigenvalue weighted by Crippen LogP contribution is -2.46. The summed E-state index contributed by atoms with van der Waals surface area (Å²) in [5.41, 5.74) is 4.29. The predicted molar refractivity (Wildman–Crippen MR) is 122 cm³/mol. The van der Waals surface area contributed by atoms with Crippen LogP contribution in [0.5, 0.6) is 17.2 Å². The molecule has 0 saturated carbocycles. The number of thioether (sulfide) groups is 1. The Morgan fingerprint density at radius 3 is 2.57 bits per heavy atom. The summed E-state index contributed by atoms with van der Waals surface area (Å²) in [7, 11) is 5.00. The summed E-state index contributed by atoms with van der Waals surface area (Å²) in [5.74, 6) is 3.93. The van der Waals surface area contributed by atoms with Crippen molar-refractivity contribution in [3.8, 4) is 17.2 Å². The molecular formula is C24H30N2O3S. The molecule has 6 heteroatoms. The van der Waals surface area contributed by atoms with Crippen molar-refractivity contribution >= 4 is 17.4 Å². The number of ether oxygens (including phenoxy) is 3. The average Bonchev–Trinajstić information content (AvgIpc) is 2.93. The Kier molecular flexibility index (Phi) is 5.46. The topological polar surface area (TPSA) is 34.2 Å². The second kappa shape index (κ2) is 8.23. The number of piperidine rings is 1. The Balaban J connectivity index is 1.40. The van der Waals surface area contributed by atoms with Crippen LogP contribution in [0.15, 0.2) is 35.2 Å². The van der Waals surface area contributed by atoms with E-state index in [2.05, 4.69) is 40.1 Å². The molecule has 2 aromatic carbocycles. The molecule has 1 fully saturated rings. The van der Waals surface area contributed by atoms with Crippen LogP contribution in [0.1, 0.15) is 29.9 Å². The van der Waals surface area contributed by atoms with Crippen LogP contribution in [-0.2, 0) is 6.54 Å². The smallest absolute Gasteiger partial charge is 0.203 e. The summed E-state index contributed by atoms with van der Waals surface area (Å²) in [5, 5.41) is 0. The molecule has 3 aliphatic heterocycles. The summed E-state index contributed by atoms with van der Waals surface area (Å²) < 4.78 is 16.6. The van der Waals surface area contributed by atoms with E-state index in [0.29, 0.717) is 17.7 Å². The third-order valence-electron chi connectivity index (χ3n) is 6.71. The maximum absolute atomic E-state index is 5.55. The van der Waals surface area contributed by atoms with Crippen molar-refractivity contribution in [3.05, 3.63) is 41.5 Å². The SMILES string of the molecule is COc1cc(CN2CC[C@@H]3[C@H](C2)c2cccc4c2N3CCCS4)cc(OC)c1OC. The van der Waals surface area contributed by atoms with Gasteiger partial charge in [-0.15, -0.1) is 11.8 Å². The molecule has 0 radical (unpaired) electrons. The number of rotatable bonds is 5. The van der Waals surface area contributed by atoms with Crippen LogP contribution < -0.4 is 19.1 Å². The molecule has 3 heterocycles. The maximum Gasteiger partial charge on any atom is 0.203 e. The van der Waals surface area contributed by atoms with Crippen LogP contribution in [0.4, 0.5) is 5.69 Å². The van der Waals surface area contributed by atoms with Crippen LogP contribution in [-0.4, -0.2) is 57.7 Å². The van der Waals surface area contributed by atoms with Crippen molar-refractivity contribution in [1.29, 1.82) is 0 Å². The molecule has 30 heavy (non-hydrogen) atoms. The first-order chi connectivity index (χ1) is 14.7. The van der Waals surface area contributed by atoms with Gasteiger partial charge in [-0.3, -0.25) is 4.90 Å². The number of hydrogen-bond acceptors (Lipinski definition) is 6. The summed E-state index contributed by atoms with van der Waals surface area (Å²) in [6.07, 6.45) is 2.49. The largest absolute Gasteiger partial charge is 0.493 e. The first-order valence-electron chi connectivity index (χ1n) is 10.8. The van der Waals surface area contributed by atoms with Crippen molar-refractivity contribution in [1.82, 2.24) is 4.90 Å². The molecule has 0 spiro atoms. The van der Waals surface area contributed by atoms with E-state index < -0.39 is 0 Å². The molecule has 0 bridgehead atoms. The highest BCUT2D eigenvalue weighted by Gasteiger charge is 2.43. The molecule has 1 saturated heterocycles. The molecule has 2 aromatic rings. The van der Waals surface area contributed by atoms with Gasteiger partial charge in [0.25, 0.3) is 0 Å². The van der Waals surface area contributed by atoms with Crippen LogP contribution in [0.2, 0.25) is 0 Å². The summed E-state index contributed by atoms with van der Waals surface area (Å²) in [4.78, 5) is 6.79. The van der Waals surface area contributed by atoms with Gasteiger partial charge in [0.1, 0.15) is 0 Å². The fraction of sp³-hybridized carbons (Fsp3) is 0.500. The monoisotopic (exact) mass is 426 g/mol. The third-order valence-corrected chi connectivity index (χ3v) is 7.84. The Morgan fingerprint density at radius 2 is 1.83 bits per heavy atom. The molecule has 160 valence electrons. The Hall–Kier alpha value is -2.05. The van der Waals surface area contributed by atoms with E-state index in [9.17, 15) is 0 Å². The lowest BCUT2D eigenvalue weighted by atomic mass is 9.89. The normalized spacial score (nSPS) is 22.8. The number of para-hydroxylation sites is 1. The van der Waals surface area contributed by atoms with E-state index >= 15 is 0 Å². The highest BCUT2D eigenvalue weighted by molar-refractivity contribution is 7.99. The van der Waals surface area contributed by atoms with E-state index in [1.165, 1.54) is 41.3 Å². The van der Waals surface area contributed by atoms with Crippen LogP contribution in [0.3, 0.4) is 0 Å². The number of likely N-dealkylation sites (tertiary alicyclic amines) is 1. The van der Waals surface area contributed by atoms with Gasteiger partial charge in [0.05, 0.1) is 27.0 Å². The van der Waals surface area contributed by atoms with E-state index in [0.717, 1.165) is 31.1 Å². The van der Waals surface area contributed by atoms with E-state index in [1.54, 1.807) is 26.9 Å². The van der Waals surface area contributed by atoms with Crippen molar-refractivity contribution in [2.24, 2.45) is 0 Å². The number of methoxy groups -OCH3 is 3. The lowest BCUT2D eigenvalue weighted by molar-refractivity contribution is 0.185. The molecule has 3 aliphatic rings. The van der Waals surface area contributed by atoms with Gasteiger partial charge in [-0.25, -0.2) is 0 Å². The molecule has 2 atom stereocenters.